The molecule has 0 unspecified atom stereocenters. The first-order valence-electron chi connectivity index (χ1n) is 10.2. The van der Waals surface area contributed by atoms with Gasteiger partial charge < -0.3 is 14.6 Å². The van der Waals surface area contributed by atoms with Gasteiger partial charge in [0.05, 0.1) is 18.8 Å². The predicted molar refractivity (Wildman–Crippen MR) is 113 cm³/mol. The van der Waals surface area contributed by atoms with Crippen LogP contribution in [-0.2, 0) is 11.3 Å². The molecule has 1 aliphatic carbocycles. The lowest BCUT2D eigenvalue weighted by Gasteiger charge is -2.35. The molecule has 29 heavy (non-hydrogen) atoms. The summed E-state index contributed by atoms with van der Waals surface area (Å²) in [6.45, 7) is 7.45. The fraction of sp³-hybridized carbons (Fsp3) is 0.522. The number of thiophene rings is 1. The van der Waals surface area contributed by atoms with Crippen molar-refractivity contribution in [1.29, 1.82) is 0 Å². The number of aliphatic hydroxyl groups excluding tert-OH is 1. The van der Waals surface area contributed by atoms with E-state index in [1.807, 2.05) is 17.4 Å². The number of hydrogen-bond donors (Lipinski definition) is 1. The van der Waals surface area contributed by atoms with E-state index >= 15 is 0 Å². The third-order valence-electron chi connectivity index (χ3n) is 6.24. The third-order valence-corrected chi connectivity index (χ3v) is 7.25. The minimum Gasteiger partial charge on any atom is -0.488 e. The van der Waals surface area contributed by atoms with Crippen LogP contribution in [0.3, 0.4) is 0 Å². The van der Waals surface area contributed by atoms with E-state index in [0.717, 1.165) is 32.5 Å². The van der Waals surface area contributed by atoms with E-state index in [9.17, 15) is 9.90 Å². The second-order valence-corrected chi connectivity index (χ2v) is 9.83. The van der Waals surface area contributed by atoms with E-state index in [1.165, 1.54) is 22.4 Å². The number of aliphatic hydroxyl groups is 1. The lowest BCUT2D eigenvalue weighted by atomic mass is 9.78. The molecule has 1 saturated carbocycles. The topological polar surface area (TPSA) is 59.0 Å². The number of methoxy groups -OCH3 is 1. The molecule has 4 rings (SSSR count). The Labute approximate surface area is 176 Å². The normalized spacial score (nSPS) is 26.9. The zero-order valence-electron chi connectivity index (χ0n) is 17.3. The van der Waals surface area contributed by atoms with Crippen molar-refractivity contribution in [1.82, 2.24) is 4.90 Å². The van der Waals surface area contributed by atoms with E-state index in [-0.39, 0.29) is 12.1 Å². The van der Waals surface area contributed by atoms with Crippen molar-refractivity contribution in [2.45, 2.75) is 45.4 Å². The number of fused-ring (bicyclic) bond motifs is 1. The number of rotatable bonds is 5. The highest BCUT2D eigenvalue weighted by Gasteiger charge is 2.42. The Kier molecular flexibility index (Phi) is 5.95. The second kappa shape index (κ2) is 8.46. The fourth-order valence-electron chi connectivity index (χ4n) is 4.81. The van der Waals surface area contributed by atoms with Crippen molar-refractivity contribution in [3.8, 4) is 5.75 Å². The number of hydrogen-bond acceptors (Lipinski definition) is 6. The maximum absolute atomic E-state index is 11.8. The zero-order chi connectivity index (χ0) is 20.5. The number of aryl methyl sites for hydroxylation is 2. The van der Waals surface area contributed by atoms with E-state index < -0.39 is 6.10 Å². The molecule has 2 fully saturated rings. The van der Waals surface area contributed by atoms with Gasteiger partial charge in [0.1, 0.15) is 11.9 Å². The number of likely N-dealkylation sites (tertiary alicyclic amines) is 1. The van der Waals surface area contributed by atoms with Crippen LogP contribution in [0.2, 0.25) is 0 Å². The summed E-state index contributed by atoms with van der Waals surface area (Å²) in [7, 11) is 1.37. The summed E-state index contributed by atoms with van der Waals surface area (Å²) in [6.07, 6.45) is 0.883. The highest BCUT2D eigenvalue weighted by Crippen LogP contribution is 2.39. The molecule has 0 amide bonds. The zero-order valence-corrected chi connectivity index (χ0v) is 18.1. The molecule has 6 heteroatoms. The standard InChI is InChI=1S/C23H29NO4S/c1-14-7-17(15(2)29-14)11-24-12-18-9-21(25)22(10-19(18)13-24)28-20-6-4-5-16(8-20)23(26)27-3/h4-8,18-19,21-22,25H,9-13H2,1-3H3/t18-,19+,21+,22+/m0/s1. The predicted octanol–water partition coefficient (Wildman–Crippen LogP) is 3.80. The molecule has 4 atom stereocenters. The first kappa shape index (κ1) is 20.4. The Balaban J connectivity index is 1.39. The van der Waals surface area contributed by atoms with Crippen molar-refractivity contribution < 1.29 is 19.4 Å². The summed E-state index contributed by atoms with van der Waals surface area (Å²) < 4.78 is 10.9. The maximum atomic E-state index is 11.8. The van der Waals surface area contributed by atoms with Gasteiger partial charge in [0.2, 0.25) is 0 Å². The second-order valence-electron chi connectivity index (χ2n) is 8.37. The van der Waals surface area contributed by atoms with Crippen LogP contribution in [0.4, 0.5) is 0 Å². The molecule has 0 radical (unpaired) electrons. The number of benzene rings is 1. The molecule has 2 aromatic rings. The van der Waals surface area contributed by atoms with Crippen LogP contribution in [0, 0.1) is 25.7 Å². The van der Waals surface area contributed by atoms with Crippen LogP contribution in [-0.4, -0.2) is 48.4 Å². The molecule has 2 aliphatic rings. The molecular weight excluding hydrogens is 386 g/mol. The lowest BCUT2D eigenvalue weighted by Crippen LogP contribution is -2.42. The SMILES string of the molecule is COC(=O)c1cccc(O[C@@H]2C[C@@H]3CN(Cc4cc(C)sc4C)C[C@@H]3C[C@H]2O)c1. The molecule has 1 aliphatic heterocycles. The van der Waals surface area contributed by atoms with Crippen LogP contribution in [0.5, 0.6) is 5.75 Å². The average molecular weight is 416 g/mol. The molecule has 1 N–H and O–H groups in total. The van der Waals surface area contributed by atoms with Crippen molar-refractivity contribution in [3.05, 3.63) is 51.2 Å². The van der Waals surface area contributed by atoms with Gasteiger partial charge in [0.25, 0.3) is 0 Å². The molecule has 0 spiro atoms. The van der Waals surface area contributed by atoms with E-state index in [0.29, 0.717) is 23.1 Å². The Morgan fingerprint density at radius 1 is 1.21 bits per heavy atom. The Hall–Kier alpha value is -1.89. The van der Waals surface area contributed by atoms with Gasteiger partial charge in [-0.25, -0.2) is 4.79 Å². The summed E-state index contributed by atoms with van der Waals surface area (Å²) >= 11 is 1.87. The van der Waals surface area contributed by atoms with Crippen molar-refractivity contribution >= 4 is 17.3 Å². The fourth-order valence-corrected chi connectivity index (χ4v) is 5.75. The van der Waals surface area contributed by atoms with Crippen molar-refractivity contribution in [3.63, 3.8) is 0 Å². The van der Waals surface area contributed by atoms with Gasteiger partial charge in [-0.3, -0.25) is 4.90 Å². The number of esters is 1. The molecule has 2 heterocycles. The third kappa shape index (κ3) is 4.49. The summed E-state index contributed by atoms with van der Waals surface area (Å²) in [5.74, 6) is 1.28. The summed E-state index contributed by atoms with van der Waals surface area (Å²) in [5, 5.41) is 10.7. The van der Waals surface area contributed by atoms with Gasteiger partial charge in [0, 0.05) is 29.4 Å². The monoisotopic (exact) mass is 415 g/mol. The van der Waals surface area contributed by atoms with Crippen molar-refractivity contribution in [2.75, 3.05) is 20.2 Å². The highest BCUT2D eigenvalue weighted by atomic mass is 32.1. The minimum atomic E-state index is -0.483. The van der Waals surface area contributed by atoms with Gasteiger partial charge in [0.15, 0.2) is 0 Å². The summed E-state index contributed by atoms with van der Waals surface area (Å²) in [4.78, 5) is 17.1. The van der Waals surface area contributed by atoms with Crippen LogP contribution < -0.4 is 4.74 Å². The average Bonchev–Trinajstić information content (AvgIpc) is 3.22. The largest absolute Gasteiger partial charge is 0.488 e. The van der Waals surface area contributed by atoms with Gasteiger partial charge in [-0.05, 0) is 68.4 Å². The first-order valence-corrected chi connectivity index (χ1v) is 11.1. The summed E-state index contributed by atoms with van der Waals surface area (Å²) in [5.41, 5.74) is 1.89. The van der Waals surface area contributed by atoms with Gasteiger partial charge in [-0.2, -0.15) is 0 Å². The molecule has 0 bridgehead atoms. The van der Waals surface area contributed by atoms with Gasteiger partial charge in [-0.15, -0.1) is 11.3 Å². The van der Waals surface area contributed by atoms with Crippen LogP contribution in [0.25, 0.3) is 0 Å². The maximum Gasteiger partial charge on any atom is 0.337 e. The summed E-state index contributed by atoms with van der Waals surface area (Å²) in [6, 6.07) is 9.30. The molecular formula is C23H29NO4S. The van der Waals surface area contributed by atoms with E-state index in [2.05, 4.69) is 24.8 Å². The number of nitrogens with zero attached hydrogens (tertiary/aromatic N) is 1. The minimum absolute atomic E-state index is 0.241. The van der Waals surface area contributed by atoms with E-state index in [4.69, 9.17) is 9.47 Å². The number of ether oxygens (including phenoxy) is 2. The molecule has 5 nitrogen and oxygen atoms in total. The number of carbonyl (C=O) groups is 1. The quantitative estimate of drug-likeness (QED) is 0.753. The molecule has 1 aromatic heterocycles. The molecule has 1 aromatic carbocycles. The van der Waals surface area contributed by atoms with Crippen molar-refractivity contribution in [2.24, 2.45) is 11.8 Å². The number of carbonyl (C=O) groups excluding carboxylic acids is 1. The van der Waals surface area contributed by atoms with E-state index in [1.54, 1.807) is 18.2 Å². The van der Waals surface area contributed by atoms with Gasteiger partial charge >= 0.3 is 5.97 Å². The Morgan fingerprint density at radius 2 is 1.97 bits per heavy atom. The molecule has 156 valence electrons. The van der Waals surface area contributed by atoms with Gasteiger partial charge in [-0.1, -0.05) is 6.07 Å². The Bertz CT molecular complexity index is 880. The first-order chi connectivity index (χ1) is 13.9. The highest BCUT2D eigenvalue weighted by molar-refractivity contribution is 7.12. The Morgan fingerprint density at radius 3 is 2.66 bits per heavy atom. The van der Waals surface area contributed by atoms with Crippen LogP contribution in [0.1, 0.15) is 38.5 Å². The van der Waals surface area contributed by atoms with Crippen LogP contribution >= 0.6 is 11.3 Å². The van der Waals surface area contributed by atoms with Crippen LogP contribution in [0.15, 0.2) is 30.3 Å². The molecule has 1 saturated heterocycles. The smallest absolute Gasteiger partial charge is 0.337 e. The lowest BCUT2D eigenvalue weighted by molar-refractivity contribution is -0.0231.